The number of nitrogens with two attached hydrogens (primary N) is 3. The summed E-state index contributed by atoms with van der Waals surface area (Å²) in [5.41, 5.74) is 13.1. The average Bonchev–Trinajstić information content (AvgIpc) is 2.81. The largest absolute Gasteiger partial charge is 0.465 e. The number of ether oxygens (including phenoxy) is 1. The number of thiol groups is 1. The van der Waals surface area contributed by atoms with Crippen LogP contribution < -0.4 is 22.6 Å². The van der Waals surface area contributed by atoms with Crippen molar-refractivity contribution in [2.45, 2.75) is 38.6 Å². The van der Waals surface area contributed by atoms with Crippen molar-refractivity contribution in [3.05, 3.63) is 71.0 Å². The molecular weight excluding hydrogens is 486 g/mol. The molecule has 0 bridgehead atoms. The van der Waals surface area contributed by atoms with Gasteiger partial charge in [-0.1, -0.05) is 37.6 Å². The first-order valence-corrected chi connectivity index (χ1v) is 12.1. The number of hydrazine groups is 1. The summed E-state index contributed by atoms with van der Waals surface area (Å²) in [6, 6.07) is 14.5. The molecule has 0 aliphatic rings. The number of carbonyl (C=O) groups is 2. The van der Waals surface area contributed by atoms with Crippen LogP contribution in [0.1, 0.15) is 32.8 Å². The predicted octanol–water partition coefficient (Wildman–Crippen LogP) is 3.91. The topological polar surface area (TPSA) is 137 Å². The van der Waals surface area contributed by atoms with Crippen molar-refractivity contribution >= 4 is 41.8 Å². The van der Waals surface area contributed by atoms with Gasteiger partial charge < -0.3 is 26.5 Å². The highest BCUT2D eigenvalue weighted by Crippen LogP contribution is 2.18. The molecule has 1 amide bonds. The Bertz CT molecular complexity index is 932. The molecule has 0 aliphatic carbocycles. The van der Waals surface area contributed by atoms with Crippen molar-refractivity contribution in [1.29, 1.82) is 0 Å². The van der Waals surface area contributed by atoms with E-state index >= 15 is 0 Å². The number of amides is 1. The van der Waals surface area contributed by atoms with E-state index in [2.05, 4.69) is 17.9 Å². The van der Waals surface area contributed by atoms with Crippen molar-refractivity contribution < 1.29 is 14.3 Å². The second-order valence-corrected chi connectivity index (χ2v) is 9.13. The number of benzene rings is 2. The molecule has 0 aromatic heterocycles. The van der Waals surface area contributed by atoms with Crippen LogP contribution in [0.15, 0.2) is 65.3 Å². The normalized spacial score (nSPS) is 11.8. The Balaban J connectivity index is 0.000000642. The van der Waals surface area contributed by atoms with Gasteiger partial charge in [0.15, 0.2) is 0 Å². The predicted molar refractivity (Wildman–Crippen MR) is 144 cm³/mol. The third-order valence-corrected chi connectivity index (χ3v) is 5.13. The Labute approximate surface area is 218 Å². The van der Waals surface area contributed by atoms with Gasteiger partial charge in [-0.3, -0.25) is 9.59 Å². The van der Waals surface area contributed by atoms with E-state index in [1.165, 1.54) is 5.01 Å². The lowest BCUT2D eigenvalue weighted by molar-refractivity contribution is -0.151. The van der Waals surface area contributed by atoms with E-state index in [0.717, 1.165) is 15.5 Å². The lowest BCUT2D eigenvalue weighted by atomic mass is 9.96. The molecule has 0 radical (unpaired) electrons. The molecule has 0 aliphatic heterocycles. The number of halogens is 1. The second kappa shape index (κ2) is 16.0. The lowest BCUT2D eigenvalue weighted by Gasteiger charge is -2.18. The number of nitrogens with one attached hydrogen (secondary N) is 1. The van der Waals surface area contributed by atoms with Gasteiger partial charge in [-0.05, 0) is 61.2 Å². The monoisotopic (exact) mass is 521 g/mol. The standard InChI is InChI=1S/C19H31N5O3.C6H5ClS/c1-4-27-19(26)17(9-13(2)3)18(25)23-16-7-5-14(6-8-16)11-24(22)12-15(21)10-20;7-5-1-3-6(8)4-2-5/h5-8,12-13,17H,4,9-11,20-22H2,1-3H3,(H,23,25);1-4,8H/b15-12-;. The van der Waals surface area contributed by atoms with Crippen LogP contribution in [0.25, 0.3) is 0 Å². The third-order valence-electron chi connectivity index (χ3n) is 4.58. The first kappa shape index (κ1) is 30.3. The van der Waals surface area contributed by atoms with Crippen LogP contribution in [-0.2, 0) is 20.9 Å². The lowest BCUT2D eigenvalue weighted by Crippen LogP contribution is -2.32. The number of nitrogens with zero attached hydrogens (tertiary/aromatic N) is 1. The van der Waals surface area contributed by atoms with E-state index in [1.807, 2.05) is 50.2 Å². The maximum absolute atomic E-state index is 12.5. The van der Waals surface area contributed by atoms with E-state index < -0.39 is 11.9 Å². The summed E-state index contributed by atoms with van der Waals surface area (Å²) in [6.07, 6.45) is 2.01. The van der Waals surface area contributed by atoms with Crippen molar-refractivity contribution in [1.82, 2.24) is 5.01 Å². The average molecular weight is 522 g/mol. The van der Waals surface area contributed by atoms with Crippen LogP contribution in [0.4, 0.5) is 5.69 Å². The van der Waals surface area contributed by atoms with Crippen molar-refractivity contribution in [3.8, 4) is 0 Å². The number of rotatable bonds is 10. The van der Waals surface area contributed by atoms with Gasteiger partial charge in [0, 0.05) is 34.0 Å². The molecule has 0 fully saturated rings. The maximum atomic E-state index is 12.5. The molecule has 2 aromatic carbocycles. The smallest absolute Gasteiger partial charge is 0.318 e. The quantitative estimate of drug-likeness (QED) is 0.105. The summed E-state index contributed by atoms with van der Waals surface area (Å²) in [5.74, 6) is 4.35. The van der Waals surface area contributed by atoms with E-state index in [-0.39, 0.29) is 25.0 Å². The van der Waals surface area contributed by atoms with Gasteiger partial charge in [0.1, 0.15) is 5.92 Å². The van der Waals surface area contributed by atoms with E-state index in [4.69, 9.17) is 33.6 Å². The molecule has 10 heteroatoms. The number of esters is 1. The molecule has 0 saturated carbocycles. The van der Waals surface area contributed by atoms with Gasteiger partial charge in [0.25, 0.3) is 0 Å². The molecule has 192 valence electrons. The van der Waals surface area contributed by atoms with Crippen molar-refractivity contribution in [2.75, 3.05) is 18.5 Å². The molecule has 2 rings (SSSR count). The first-order chi connectivity index (χ1) is 16.5. The van der Waals surface area contributed by atoms with E-state index in [9.17, 15) is 9.59 Å². The van der Waals surface area contributed by atoms with Crippen LogP contribution in [-0.4, -0.2) is 30.0 Å². The molecule has 0 spiro atoms. The van der Waals surface area contributed by atoms with Crippen LogP contribution in [0.2, 0.25) is 5.02 Å². The second-order valence-electron chi connectivity index (χ2n) is 8.18. The number of hydrogen-bond donors (Lipinski definition) is 5. The van der Waals surface area contributed by atoms with Crippen LogP contribution in [0.5, 0.6) is 0 Å². The summed E-state index contributed by atoms with van der Waals surface area (Å²) < 4.78 is 5.02. The highest BCUT2D eigenvalue weighted by molar-refractivity contribution is 7.80. The molecule has 8 nitrogen and oxygen atoms in total. The van der Waals surface area contributed by atoms with E-state index in [0.29, 0.717) is 24.4 Å². The summed E-state index contributed by atoms with van der Waals surface area (Å²) >= 11 is 9.65. The summed E-state index contributed by atoms with van der Waals surface area (Å²) in [6.45, 7) is 6.55. The number of carbonyl (C=O) groups excluding carboxylic acids is 2. The Hall–Kier alpha value is -2.72. The Kier molecular flexibility index (Phi) is 13.9. The molecule has 35 heavy (non-hydrogen) atoms. The van der Waals surface area contributed by atoms with Gasteiger partial charge in [-0.2, -0.15) is 0 Å². The van der Waals surface area contributed by atoms with Crippen molar-refractivity contribution in [3.63, 3.8) is 0 Å². The molecule has 1 atom stereocenters. The molecule has 0 heterocycles. The summed E-state index contributed by atoms with van der Waals surface area (Å²) in [7, 11) is 0. The highest BCUT2D eigenvalue weighted by Gasteiger charge is 2.28. The van der Waals surface area contributed by atoms with Crippen LogP contribution in [0, 0.1) is 11.8 Å². The Morgan fingerprint density at radius 2 is 1.74 bits per heavy atom. The minimum absolute atomic E-state index is 0.192. The number of hydrogen-bond acceptors (Lipinski definition) is 8. The minimum Gasteiger partial charge on any atom is -0.465 e. The van der Waals surface area contributed by atoms with Gasteiger partial charge in [0.05, 0.1) is 13.2 Å². The van der Waals surface area contributed by atoms with Gasteiger partial charge >= 0.3 is 5.97 Å². The highest BCUT2D eigenvalue weighted by atomic mass is 35.5. The Morgan fingerprint density at radius 3 is 2.23 bits per heavy atom. The summed E-state index contributed by atoms with van der Waals surface area (Å²) in [4.78, 5) is 25.5. The zero-order valence-corrected chi connectivity index (χ0v) is 22.1. The minimum atomic E-state index is -0.825. The zero-order valence-electron chi connectivity index (χ0n) is 20.4. The SMILES string of the molecule is CCOC(=O)C(CC(C)C)C(=O)Nc1ccc(CN(N)/C=C(\N)CN)cc1.Sc1ccc(Cl)cc1. The zero-order chi connectivity index (χ0) is 26.4. The summed E-state index contributed by atoms with van der Waals surface area (Å²) in [5, 5.41) is 4.97. The number of anilines is 1. The fourth-order valence-corrected chi connectivity index (χ4v) is 3.19. The van der Waals surface area contributed by atoms with E-state index in [1.54, 1.807) is 25.3 Å². The van der Waals surface area contributed by atoms with Crippen molar-refractivity contribution in [2.24, 2.45) is 29.1 Å². The van der Waals surface area contributed by atoms with Gasteiger partial charge in [0.2, 0.25) is 5.91 Å². The fourth-order valence-electron chi connectivity index (χ4n) is 2.91. The molecule has 7 N–H and O–H groups in total. The molecule has 0 saturated heterocycles. The fraction of sp³-hybridized carbons (Fsp3) is 0.360. The van der Waals surface area contributed by atoms with Gasteiger partial charge in [-0.15, -0.1) is 12.6 Å². The Morgan fingerprint density at radius 1 is 1.14 bits per heavy atom. The maximum Gasteiger partial charge on any atom is 0.318 e. The van der Waals surface area contributed by atoms with Gasteiger partial charge in [-0.25, -0.2) is 5.84 Å². The third kappa shape index (κ3) is 12.5. The van der Waals surface area contributed by atoms with Crippen LogP contribution >= 0.6 is 24.2 Å². The molecule has 1 unspecified atom stereocenters. The molecular formula is C25H36ClN5O3S. The molecule has 2 aromatic rings. The first-order valence-electron chi connectivity index (χ1n) is 11.2. The van der Waals surface area contributed by atoms with Crippen LogP contribution in [0.3, 0.4) is 0 Å².